The number of hydrogen-bond acceptors (Lipinski definition) is 0. The van der Waals surface area contributed by atoms with E-state index < -0.39 is 0 Å². The van der Waals surface area contributed by atoms with Crippen LogP contribution in [0, 0.1) is 17.8 Å². The fraction of sp³-hybridized carbons (Fsp3) is 1.00. The van der Waals surface area contributed by atoms with Gasteiger partial charge >= 0.3 is 0 Å². The molecule has 0 spiro atoms. The number of rotatable bonds is 14. The third kappa shape index (κ3) is 9.83. The molecule has 2 atom stereocenters. The van der Waals surface area contributed by atoms with E-state index in [1.165, 1.54) is 77.0 Å². The van der Waals surface area contributed by atoms with Gasteiger partial charge in [0, 0.05) is 0 Å². The Balaban J connectivity index is 4.31. The average molecular weight is 283 g/mol. The van der Waals surface area contributed by atoms with Crippen molar-refractivity contribution in [1.82, 2.24) is 0 Å². The maximum absolute atomic E-state index is 2.46. The van der Waals surface area contributed by atoms with Crippen LogP contribution < -0.4 is 0 Å². The first-order valence-electron chi connectivity index (χ1n) is 9.67. The highest BCUT2D eigenvalue weighted by molar-refractivity contribution is 4.74. The molecule has 0 aromatic carbocycles. The van der Waals surface area contributed by atoms with Gasteiger partial charge in [0.1, 0.15) is 0 Å². The van der Waals surface area contributed by atoms with E-state index in [-0.39, 0.29) is 0 Å². The summed E-state index contributed by atoms with van der Waals surface area (Å²) in [6.07, 6.45) is 17.2. The Morgan fingerprint density at radius 2 is 1.05 bits per heavy atom. The smallest absolute Gasteiger partial charge is 0.0363 e. The SMILES string of the molecule is CCCCCCC(CCCC)C(CCCCC)C(C)C. The highest BCUT2D eigenvalue weighted by Crippen LogP contribution is 2.34. The van der Waals surface area contributed by atoms with E-state index in [9.17, 15) is 0 Å². The first-order chi connectivity index (χ1) is 9.67. The van der Waals surface area contributed by atoms with Gasteiger partial charge in [0.05, 0.1) is 0 Å². The molecule has 0 rings (SSSR count). The number of unbranched alkanes of at least 4 members (excludes halogenated alkanes) is 6. The summed E-state index contributed by atoms with van der Waals surface area (Å²) in [5.41, 5.74) is 0. The van der Waals surface area contributed by atoms with Gasteiger partial charge in [0.2, 0.25) is 0 Å². The Kier molecular flexibility index (Phi) is 14.0. The molecule has 0 aliphatic rings. The van der Waals surface area contributed by atoms with Crippen molar-refractivity contribution in [3.05, 3.63) is 0 Å². The third-order valence-electron chi connectivity index (χ3n) is 4.96. The van der Waals surface area contributed by atoms with Gasteiger partial charge in [0.25, 0.3) is 0 Å². The molecular formula is C20H42. The van der Waals surface area contributed by atoms with Crippen LogP contribution in [0.15, 0.2) is 0 Å². The zero-order valence-corrected chi connectivity index (χ0v) is 15.2. The molecule has 0 aliphatic carbocycles. The lowest BCUT2D eigenvalue weighted by molar-refractivity contribution is 0.200. The summed E-state index contributed by atoms with van der Waals surface area (Å²) in [5.74, 6) is 2.86. The molecule has 20 heavy (non-hydrogen) atoms. The van der Waals surface area contributed by atoms with Crippen molar-refractivity contribution in [2.45, 2.75) is 112 Å². The molecule has 0 heteroatoms. The lowest BCUT2D eigenvalue weighted by Gasteiger charge is -2.31. The fourth-order valence-electron chi connectivity index (χ4n) is 3.62. The number of hydrogen-bond donors (Lipinski definition) is 0. The standard InChI is InChI=1S/C20H42/c1-6-9-12-14-16-19(15-11-8-3)20(18(4)5)17-13-10-7-2/h18-20H,6-17H2,1-5H3. The molecule has 0 fully saturated rings. The second kappa shape index (κ2) is 14.0. The summed E-state index contributed by atoms with van der Waals surface area (Å²) in [5, 5.41) is 0. The van der Waals surface area contributed by atoms with Gasteiger partial charge in [-0.05, 0) is 24.2 Å². The molecule has 0 aromatic heterocycles. The molecule has 2 unspecified atom stereocenters. The first kappa shape index (κ1) is 20.0. The highest BCUT2D eigenvalue weighted by atomic mass is 14.3. The maximum atomic E-state index is 2.46. The summed E-state index contributed by atoms with van der Waals surface area (Å²) in [7, 11) is 0. The largest absolute Gasteiger partial charge is 0.0654 e. The normalized spacial score (nSPS) is 14.7. The quantitative estimate of drug-likeness (QED) is 0.287. The van der Waals surface area contributed by atoms with E-state index in [4.69, 9.17) is 0 Å². The Hall–Kier alpha value is 0. The molecule has 0 aliphatic heterocycles. The van der Waals surface area contributed by atoms with Crippen molar-refractivity contribution in [1.29, 1.82) is 0 Å². The summed E-state index contributed by atoms with van der Waals surface area (Å²) in [6.45, 7) is 11.9. The van der Waals surface area contributed by atoms with Crippen LogP contribution >= 0.6 is 0 Å². The zero-order valence-electron chi connectivity index (χ0n) is 15.2. The van der Waals surface area contributed by atoms with Crippen LogP contribution in [0.5, 0.6) is 0 Å². The van der Waals surface area contributed by atoms with Gasteiger partial charge in [-0.1, -0.05) is 105 Å². The van der Waals surface area contributed by atoms with Crippen LogP contribution in [0.1, 0.15) is 112 Å². The summed E-state index contributed by atoms with van der Waals surface area (Å²) in [4.78, 5) is 0. The average Bonchev–Trinajstić information content (AvgIpc) is 2.43. The second-order valence-electron chi connectivity index (χ2n) is 7.16. The lowest BCUT2D eigenvalue weighted by Crippen LogP contribution is -2.21. The van der Waals surface area contributed by atoms with Gasteiger partial charge in [-0.3, -0.25) is 0 Å². The van der Waals surface area contributed by atoms with Crippen molar-refractivity contribution in [3.8, 4) is 0 Å². The summed E-state index contributed by atoms with van der Waals surface area (Å²) < 4.78 is 0. The molecule has 0 heterocycles. The van der Waals surface area contributed by atoms with Gasteiger partial charge in [-0.2, -0.15) is 0 Å². The van der Waals surface area contributed by atoms with Crippen LogP contribution in [0.25, 0.3) is 0 Å². The van der Waals surface area contributed by atoms with Crippen LogP contribution in [0.2, 0.25) is 0 Å². The summed E-state index contributed by atoms with van der Waals surface area (Å²) in [6, 6.07) is 0. The van der Waals surface area contributed by atoms with E-state index in [0.29, 0.717) is 0 Å². The Morgan fingerprint density at radius 3 is 1.60 bits per heavy atom. The molecule has 0 radical (unpaired) electrons. The van der Waals surface area contributed by atoms with Crippen molar-refractivity contribution in [3.63, 3.8) is 0 Å². The minimum absolute atomic E-state index is 0.875. The predicted molar refractivity (Wildman–Crippen MR) is 94.2 cm³/mol. The molecule has 0 bridgehead atoms. The van der Waals surface area contributed by atoms with E-state index in [0.717, 1.165) is 17.8 Å². The van der Waals surface area contributed by atoms with Gasteiger partial charge < -0.3 is 0 Å². The van der Waals surface area contributed by atoms with Crippen LogP contribution in [0.4, 0.5) is 0 Å². The monoisotopic (exact) mass is 282 g/mol. The Labute approximate surface area is 130 Å². The molecule has 0 nitrogen and oxygen atoms in total. The predicted octanol–water partition coefficient (Wildman–Crippen LogP) is 7.62. The fourth-order valence-corrected chi connectivity index (χ4v) is 3.62. The molecule has 122 valence electrons. The molecule has 0 saturated carbocycles. The molecule has 0 saturated heterocycles. The zero-order chi connectivity index (χ0) is 15.2. The van der Waals surface area contributed by atoms with Crippen LogP contribution in [-0.2, 0) is 0 Å². The van der Waals surface area contributed by atoms with E-state index >= 15 is 0 Å². The molecule has 0 amide bonds. The maximum Gasteiger partial charge on any atom is -0.0363 e. The topological polar surface area (TPSA) is 0 Å². The van der Waals surface area contributed by atoms with Gasteiger partial charge in [-0.25, -0.2) is 0 Å². The minimum Gasteiger partial charge on any atom is -0.0654 e. The summed E-state index contributed by atoms with van der Waals surface area (Å²) >= 11 is 0. The Morgan fingerprint density at radius 1 is 0.550 bits per heavy atom. The van der Waals surface area contributed by atoms with E-state index in [2.05, 4.69) is 34.6 Å². The first-order valence-corrected chi connectivity index (χ1v) is 9.67. The van der Waals surface area contributed by atoms with Crippen LogP contribution in [0.3, 0.4) is 0 Å². The van der Waals surface area contributed by atoms with Crippen molar-refractivity contribution in [2.75, 3.05) is 0 Å². The van der Waals surface area contributed by atoms with Gasteiger partial charge in [0.15, 0.2) is 0 Å². The second-order valence-corrected chi connectivity index (χ2v) is 7.16. The van der Waals surface area contributed by atoms with Crippen molar-refractivity contribution >= 4 is 0 Å². The highest BCUT2D eigenvalue weighted by Gasteiger charge is 2.23. The van der Waals surface area contributed by atoms with E-state index in [1.54, 1.807) is 0 Å². The molecular weight excluding hydrogens is 240 g/mol. The Bertz CT molecular complexity index is 182. The van der Waals surface area contributed by atoms with Crippen LogP contribution in [-0.4, -0.2) is 0 Å². The molecule has 0 N–H and O–H groups in total. The lowest BCUT2D eigenvalue weighted by atomic mass is 9.75. The molecule has 0 aromatic rings. The van der Waals surface area contributed by atoms with Gasteiger partial charge in [-0.15, -0.1) is 0 Å². The van der Waals surface area contributed by atoms with Crippen molar-refractivity contribution in [2.24, 2.45) is 17.8 Å². The van der Waals surface area contributed by atoms with Crippen molar-refractivity contribution < 1.29 is 0 Å². The third-order valence-corrected chi connectivity index (χ3v) is 4.96. The van der Waals surface area contributed by atoms with E-state index in [1.807, 2.05) is 0 Å². The minimum atomic E-state index is 0.875.